The Morgan fingerprint density at radius 2 is 1.81 bits per heavy atom. The molecule has 0 unspecified atom stereocenters. The van der Waals surface area contributed by atoms with Gasteiger partial charge in [0.25, 0.3) is 0 Å². The molecule has 2 heterocycles. The number of rotatable bonds is 3. The van der Waals surface area contributed by atoms with Crippen molar-refractivity contribution < 1.29 is 14.3 Å². The van der Waals surface area contributed by atoms with Crippen LogP contribution in [0.4, 0.5) is 5.69 Å². The van der Waals surface area contributed by atoms with Gasteiger partial charge >= 0.3 is 5.97 Å². The molecular weight excluding hydrogens is 416 g/mol. The van der Waals surface area contributed by atoms with Crippen molar-refractivity contribution in [1.82, 2.24) is 5.32 Å². The molecule has 0 amide bonds. The maximum absolute atomic E-state index is 12.2. The van der Waals surface area contributed by atoms with Crippen molar-refractivity contribution in [2.45, 2.75) is 0 Å². The van der Waals surface area contributed by atoms with Gasteiger partial charge in [-0.05, 0) is 29.8 Å². The van der Waals surface area contributed by atoms with Gasteiger partial charge < -0.3 is 19.7 Å². The van der Waals surface area contributed by atoms with Crippen molar-refractivity contribution in [1.29, 1.82) is 0 Å². The SMILES string of the molecule is O=C(O)c1ccccc1-c1c2cc(Cl)c(=O)cc-2oc2cc(N3CCNCC3)ccc12. The van der Waals surface area contributed by atoms with Crippen LogP contribution in [0.3, 0.4) is 0 Å². The van der Waals surface area contributed by atoms with E-state index in [0.717, 1.165) is 37.3 Å². The predicted molar refractivity (Wildman–Crippen MR) is 122 cm³/mol. The largest absolute Gasteiger partial charge is 0.478 e. The van der Waals surface area contributed by atoms with Gasteiger partial charge in [-0.3, -0.25) is 4.79 Å². The Balaban J connectivity index is 1.84. The van der Waals surface area contributed by atoms with Crippen LogP contribution < -0.4 is 15.6 Å². The van der Waals surface area contributed by atoms with E-state index in [1.807, 2.05) is 18.2 Å². The molecule has 2 aromatic rings. The summed E-state index contributed by atoms with van der Waals surface area (Å²) in [7, 11) is 0. The van der Waals surface area contributed by atoms with Crippen molar-refractivity contribution in [3.05, 3.63) is 75.4 Å². The molecule has 1 saturated heterocycles. The molecule has 2 aliphatic heterocycles. The number of carboxylic acid groups (broad SMARTS) is 1. The van der Waals surface area contributed by atoms with Crippen molar-refractivity contribution in [2.24, 2.45) is 0 Å². The molecule has 0 spiro atoms. The summed E-state index contributed by atoms with van der Waals surface area (Å²) in [6, 6.07) is 15.7. The average Bonchev–Trinajstić information content (AvgIpc) is 2.79. The maximum atomic E-state index is 12.2. The number of hydrogen-bond acceptors (Lipinski definition) is 5. The topological polar surface area (TPSA) is 82.8 Å². The first kappa shape index (κ1) is 19.6. The monoisotopic (exact) mass is 434 g/mol. The molecule has 0 bridgehead atoms. The van der Waals surface area contributed by atoms with Crippen LogP contribution >= 0.6 is 11.6 Å². The van der Waals surface area contributed by atoms with E-state index < -0.39 is 5.97 Å². The zero-order chi connectivity index (χ0) is 21.5. The molecule has 1 aliphatic carbocycles. The van der Waals surface area contributed by atoms with E-state index in [1.165, 1.54) is 6.07 Å². The minimum Gasteiger partial charge on any atom is -0.478 e. The number of carboxylic acids is 1. The second kappa shape index (κ2) is 7.72. The zero-order valence-electron chi connectivity index (χ0n) is 16.5. The van der Waals surface area contributed by atoms with Gasteiger partial charge in [-0.2, -0.15) is 0 Å². The standard InChI is InChI=1S/C24H19ClN2O4/c25-19-12-18-22(13-20(19)28)31-21-11-14(27-9-7-26-8-10-27)5-6-17(21)23(18)15-3-1-2-4-16(15)24(29)30/h1-6,11-13,26H,7-10H2,(H,29,30). The second-order valence-electron chi connectivity index (χ2n) is 7.52. The fraction of sp³-hybridized carbons (Fsp3) is 0.167. The molecule has 156 valence electrons. The highest BCUT2D eigenvalue weighted by Crippen LogP contribution is 2.42. The molecular formula is C24H19ClN2O4. The Morgan fingerprint density at radius 1 is 1.03 bits per heavy atom. The highest BCUT2D eigenvalue weighted by atomic mass is 35.5. The van der Waals surface area contributed by atoms with Crippen molar-refractivity contribution in [2.75, 3.05) is 31.1 Å². The molecule has 2 N–H and O–H groups in total. The minimum atomic E-state index is -1.03. The van der Waals surface area contributed by atoms with Gasteiger partial charge in [-0.25, -0.2) is 4.79 Å². The minimum absolute atomic E-state index is 0.0635. The number of nitrogens with one attached hydrogen (secondary N) is 1. The Labute approximate surface area is 183 Å². The van der Waals surface area contributed by atoms with Crippen LogP contribution in [0.15, 0.2) is 63.8 Å². The smallest absolute Gasteiger partial charge is 0.336 e. The van der Waals surface area contributed by atoms with E-state index in [9.17, 15) is 14.7 Å². The summed E-state index contributed by atoms with van der Waals surface area (Å²) >= 11 is 6.14. The van der Waals surface area contributed by atoms with Crippen LogP contribution in [-0.2, 0) is 0 Å². The fourth-order valence-electron chi connectivity index (χ4n) is 4.18. The average molecular weight is 435 g/mol. The summed E-state index contributed by atoms with van der Waals surface area (Å²) < 4.78 is 6.13. The highest BCUT2D eigenvalue weighted by Gasteiger charge is 2.23. The molecule has 6 nitrogen and oxygen atoms in total. The number of aromatic carboxylic acids is 1. The maximum Gasteiger partial charge on any atom is 0.336 e. The lowest BCUT2D eigenvalue weighted by Crippen LogP contribution is -2.43. The number of nitrogens with zero attached hydrogens (tertiary/aromatic N) is 1. The first-order valence-electron chi connectivity index (χ1n) is 10.0. The number of halogens is 1. The molecule has 0 saturated carbocycles. The third kappa shape index (κ3) is 3.44. The van der Waals surface area contributed by atoms with Crippen LogP contribution in [0.2, 0.25) is 5.02 Å². The molecule has 0 atom stereocenters. The van der Waals surface area contributed by atoms with E-state index in [4.69, 9.17) is 16.0 Å². The summed E-state index contributed by atoms with van der Waals surface area (Å²) in [5, 5.41) is 13.9. The molecule has 31 heavy (non-hydrogen) atoms. The number of fused-ring (bicyclic) bond motifs is 2. The number of carbonyl (C=O) groups is 1. The summed E-state index contributed by atoms with van der Waals surface area (Å²) in [5.41, 5.74) is 3.26. The van der Waals surface area contributed by atoms with E-state index in [-0.39, 0.29) is 16.0 Å². The second-order valence-corrected chi connectivity index (χ2v) is 7.93. The van der Waals surface area contributed by atoms with Gasteiger partial charge in [-0.15, -0.1) is 0 Å². The number of benzene rings is 3. The Kier molecular flexibility index (Phi) is 4.88. The third-order valence-corrected chi connectivity index (χ3v) is 5.96. The van der Waals surface area contributed by atoms with Gasteiger partial charge in [0.15, 0.2) is 0 Å². The molecule has 7 heteroatoms. The van der Waals surface area contributed by atoms with Crippen LogP contribution in [0.1, 0.15) is 10.4 Å². The van der Waals surface area contributed by atoms with Crippen LogP contribution in [0, 0.1) is 0 Å². The molecule has 2 aromatic carbocycles. The lowest BCUT2D eigenvalue weighted by Gasteiger charge is -2.29. The third-order valence-electron chi connectivity index (χ3n) is 5.67. The van der Waals surface area contributed by atoms with Gasteiger partial charge in [0.05, 0.1) is 10.6 Å². The normalized spacial score (nSPS) is 14.3. The van der Waals surface area contributed by atoms with Crippen LogP contribution in [0.5, 0.6) is 0 Å². The number of piperazine rings is 1. The number of anilines is 1. The fourth-order valence-corrected chi connectivity index (χ4v) is 4.34. The zero-order valence-corrected chi connectivity index (χ0v) is 17.3. The molecule has 0 radical (unpaired) electrons. The van der Waals surface area contributed by atoms with Crippen LogP contribution in [-0.4, -0.2) is 37.3 Å². The van der Waals surface area contributed by atoms with Gasteiger partial charge in [0, 0.05) is 60.5 Å². The van der Waals surface area contributed by atoms with E-state index in [0.29, 0.717) is 28.0 Å². The first-order valence-corrected chi connectivity index (χ1v) is 10.4. The summed E-state index contributed by atoms with van der Waals surface area (Å²) in [6.45, 7) is 3.58. The predicted octanol–water partition coefficient (Wildman–Crippen LogP) is 4.33. The van der Waals surface area contributed by atoms with Gasteiger partial charge in [0.2, 0.25) is 5.43 Å². The Morgan fingerprint density at radius 3 is 2.58 bits per heavy atom. The summed E-state index contributed by atoms with van der Waals surface area (Å²) in [5.74, 6) is -0.656. The molecule has 0 aromatic heterocycles. The lowest BCUT2D eigenvalue weighted by molar-refractivity contribution is 0.0697. The lowest BCUT2D eigenvalue weighted by atomic mass is 9.90. The van der Waals surface area contributed by atoms with E-state index >= 15 is 0 Å². The summed E-state index contributed by atoms with van der Waals surface area (Å²) in [6.07, 6.45) is 0. The van der Waals surface area contributed by atoms with Crippen LogP contribution in [0.25, 0.3) is 33.4 Å². The van der Waals surface area contributed by atoms with Crippen molar-refractivity contribution >= 4 is 34.2 Å². The first-order chi connectivity index (χ1) is 15.0. The van der Waals surface area contributed by atoms with Gasteiger partial charge in [-0.1, -0.05) is 29.8 Å². The molecule has 3 aliphatic rings. The Hall–Kier alpha value is -3.35. The highest BCUT2D eigenvalue weighted by molar-refractivity contribution is 6.31. The number of hydrogen-bond donors (Lipinski definition) is 2. The summed E-state index contributed by atoms with van der Waals surface area (Å²) in [4.78, 5) is 26.4. The molecule has 1 fully saturated rings. The van der Waals surface area contributed by atoms with E-state index in [2.05, 4.69) is 10.2 Å². The molecule has 5 rings (SSSR count). The van der Waals surface area contributed by atoms with Gasteiger partial charge in [0.1, 0.15) is 11.3 Å². The Bertz CT molecular complexity index is 1340. The quantitative estimate of drug-likeness (QED) is 0.467. The van der Waals surface area contributed by atoms with Crippen molar-refractivity contribution in [3.8, 4) is 22.5 Å². The van der Waals surface area contributed by atoms with Crippen molar-refractivity contribution in [3.63, 3.8) is 0 Å². The van der Waals surface area contributed by atoms with E-state index in [1.54, 1.807) is 30.3 Å².